The van der Waals surface area contributed by atoms with Crippen LogP contribution >= 0.6 is 11.6 Å². The first-order valence-electron chi connectivity index (χ1n) is 9.90. The van der Waals surface area contributed by atoms with E-state index >= 15 is 0 Å². The van der Waals surface area contributed by atoms with Crippen LogP contribution in [-0.4, -0.2) is 62.3 Å². The van der Waals surface area contributed by atoms with Gasteiger partial charge in [0.05, 0.1) is 18.5 Å². The lowest BCUT2D eigenvalue weighted by atomic mass is 10.0. The molecule has 0 radical (unpaired) electrons. The van der Waals surface area contributed by atoms with Crippen LogP contribution in [-0.2, 0) is 28.5 Å². The Hall–Kier alpha value is -3.57. The molecule has 0 saturated carbocycles. The fourth-order valence-electron chi connectivity index (χ4n) is 3.54. The van der Waals surface area contributed by atoms with E-state index in [1.165, 1.54) is 31.1 Å². The maximum atomic E-state index is 12.6. The van der Waals surface area contributed by atoms with Crippen LogP contribution in [0.4, 0.5) is 0 Å². The van der Waals surface area contributed by atoms with Crippen molar-refractivity contribution in [2.24, 2.45) is 0 Å². The van der Waals surface area contributed by atoms with Crippen LogP contribution < -0.4 is 0 Å². The third-order valence-corrected chi connectivity index (χ3v) is 5.14. The lowest BCUT2D eigenvalue weighted by Gasteiger charge is -2.40. The molecule has 0 amide bonds. The molecule has 3 aromatic rings. The SMILES string of the molecule is CC(=O)OC1C(OC(C)=O)[C@H](OC(=O)c2ccccc2)COC1n1cnc2c(Cl)ncnc21. The average Bonchev–Trinajstić information content (AvgIpc) is 3.21. The van der Waals surface area contributed by atoms with Crippen molar-refractivity contribution in [3.05, 3.63) is 53.7 Å². The minimum atomic E-state index is -1.18. The third kappa shape index (κ3) is 4.78. The molecule has 4 atom stereocenters. The van der Waals surface area contributed by atoms with Crippen LogP contribution in [0.3, 0.4) is 0 Å². The van der Waals surface area contributed by atoms with Gasteiger partial charge in [0.1, 0.15) is 11.8 Å². The van der Waals surface area contributed by atoms with Crippen molar-refractivity contribution in [1.82, 2.24) is 19.5 Å². The predicted octanol–water partition coefficient (Wildman–Crippen LogP) is 2.10. The Kier molecular flexibility index (Phi) is 6.52. The molecule has 0 bridgehead atoms. The minimum Gasteiger partial charge on any atom is -0.454 e. The number of carbonyl (C=O) groups excluding carboxylic acids is 3. The molecular formula is C21H19ClN4O7. The number of esters is 3. The van der Waals surface area contributed by atoms with Crippen molar-refractivity contribution in [2.45, 2.75) is 38.4 Å². The van der Waals surface area contributed by atoms with E-state index in [4.69, 9.17) is 30.5 Å². The lowest BCUT2D eigenvalue weighted by molar-refractivity contribution is -0.233. The van der Waals surface area contributed by atoms with Gasteiger partial charge in [-0.05, 0) is 12.1 Å². The van der Waals surface area contributed by atoms with Crippen LogP contribution in [0.25, 0.3) is 11.2 Å². The Labute approximate surface area is 192 Å². The standard InChI is InChI=1S/C21H19ClN4O7/c1-11(27)31-16-14(33-21(29)13-6-4-3-5-7-13)8-30-20(17(16)32-12(2)28)26-10-25-15-18(22)23-9-24-19(15)26/h3-7,9-10,14,16-17,20H,8H2,1-2H3/t14-,16?,17?,20?/m1/s1. The highest BCUT2D eigenvalue weighted by atomic mass is 35.5. The van der Waals surface area contributed by atoms with Gasteiger partial charge in [-0.1, -0.05) is 29.8 Å². The molecule has 1 aromatic carbocycles. The Bertz CT molecular complexity index is 1190. The summed E-state index contributed by atoms with van der Waals surface area (Å²) in [6.07, 6.45) is -1.74. The van der Waals surface area contributed by atoms with Gasteiger partial charge in [0.2, 0.25) is 0 Å². The van der Waals surface area contributed by atoms with Gasteiger partial charge >= 0.3 is 17.9 Å². The number of nitrogens with zero attached hydrogens (tertiary/aromatic N) is 4. The molecule has 4 rings (SSSR count). The average molecular weight is 475 g/mol. The number of halogens is 1. The molecule has 33 heavy (non-hydrogen) atoms. The van der Waals surface area contributed by atoms with E-state index in [9.17, 15) is 14.4 Å². The zero-order valence-electron chi connectivity index (χ0n) is 17.6. The van der Waals surface area contributed by atoms with Crippen LogP contribution in [0.2, 0.25) is 5.15 Å². The summed E-state index contributed by atoms with van der Waals surface area (Å²) in [4.78, 5) is 48.7. The fourth-order valence-corrected chi connectivity index (χ4v) is 3.71. The number of imidazole rings is 1. The quantitative estimate of drug-likeness (QED) is 0.307. The van der Waals surface area contributed by atoms with Crippen molar-refractivity contribution >= 4 is 40.7 Å². The van der Waals surface area contributed by atoms with Crippen LogP contribution in [0.5, 0.6) is 0 Å². The van der Waals surface area contributed by atoms with E-state index in [-0.39, 0.29) is 11.8 Å². The van der Waals surface area contributed by atoms with Crippen molar-refractivity contribution in [3.63, 3.8) is 0 Å². The first kappa shape index (κ1) is 22.6. The number of aromatic nitrogens is 4. The second-order valence-electron chi connectivity index (χ2n) is 7.17. The summed E-state index contributed by atoms with van der Waals surface area (Å²) in [5, 5.41) is 0.129. The highest BCUT2D eigenvalue weighted by molar-refractivity contribution is 6.33. The summed E-state index contributed by atoms with van der Waals surface area (Å²) in [6, 6.07) is 8.30. The second-order valence-corrected chi connectivity index (χ2v) is 7.53. The summed E-state index contributed by atoms with van der Waals surface area (Å²) < 4.78 is 23.9. The molecule has 0 N–H and O–H groups in total. The van der Waals surface area contributed by atoms with E-state index < -0.39 is 42.4 Å². The van der Waals surface area contributed by atoms with Gasteiger partial charge in [0.15, 0.2) is 35.3 Å². The zero-order valence-corrected chi connectivity index (χ0v) is 18.3. The number of hydrogen-bond acceptors (Lipinski definition) is 10. The Morgan fingerprint density at radius 2 is 1.70 bits per heavy atom. The van der Waals surface area contributed by atoms with Gasteiger partial charge in [-0.3, -0.25) is 14.2 Å². The van der Waals surface area contributed by atoms with Gasteiger partial charge in [0, 0.05) is 13.8 Å². The number of hydrogen-bond donors (Lipinski definition) is 0. The number of ether oxygens (including phenoxy) is 4. The molecule has 172 valence electrons. The molecule has 0 spiro atoms. The Morgan fingerprint density at radius 3 is 2.39 bits per heavy atom. The van der Waals surface area contributed by atoms with Gasteiger partial charge < -0.3 is 18.9 Å². The third-order valence-electron chi connectivity index (χ3n) is 4.86. The van der Waals surface area contributed by atoms with Crippen molar-refractivity contribution < 1.29 is 33.3 Å². The maximum absolute atomic E-state index is 12.6. The van der Waals surface area contributed by atoms with E-state index in [0.29, 0.717) is 16.7 Å². The molecule has 1 aliphatic heterocycles. The Balaban J connectivity index is 1.69. The molecule has 0 aliphatic carbocycles. The predicted molar refractivity (Wildman–Crippen MR) is 112 cm³/mol. The largest absolute Gasteiger partial charge is 0.454 e. The molecule has 1 saturated heterocycles. The van der Waals surface area contributed by atoms with Gasteiger partial charge in [-0.25, -0.2) is 19.7 Å². The zero-order chi connectivity index (χ0) is 23.5. The van der Waals surface area contributed by atoms with Gasteiger partial charge in [-0.2, -0.15) is 0 Å². The van der Waals surface area contributed by atoms with E-state index in [2.05, 4.69) is 15.0 Å². The monoisotopic (exact) mass is 474 g/mol. The molecule has 11 nitrogen and oxygen atoms in total. The maximum Gasteiger partial charge on any atom is 0.338 e. The van der Waals surface area contributed by atoms with Crippen LogP contribution in [0.1, 0.15) is 30.4 Å². The first-order valence-corrected chi connectivity index (χ1v) is 10.3. The van der Waals surface area contributed by atoms with E-state index in [0.717, 1.165) is 0 Å². The number of fused-ring (bicyclic) bond motifs is 1. The van der Waals surface area contributed by atoms with Crippen LogP contribution in [0, 0.1) is 0 Å². The first-order chi connectivity index (χ1) is 15.8. The number of rotatable bonds is 5. The Morgan fingerprint density at radius 1 is 1.00 bits per heavy atom. The summed E-state index contributed by atoms with van der Waals surface area (Å²) >= 11 is 6.09. The number of benzene rings is 1. The molecule has 1 aliphatic rings. The molecule has 3 unspecified atom stereocenters. The minimum absolute atomic E-state index is 0.129. The van der Waals surface area contributed by atoms with Crippen LogP contribution in [0.15, 0.2) is 43.0 Å². The normalized spacial score (nSPS) is 22.5. The second kappa shape index (κ2) is 9.51. The smallest absolute Gasteiger partial charge is 0.338 e. The summed E-state index contributed by atoms with van der Waals surface area (Å²) in [7, 11) is 0. The summed E-state index contributed by atoms with van der Waals surface area (Å²) in [5.74, 6) is -1.95. The molecule has 1 fully saturated rings. The lowest BCUT2D eigenvalue weighted by Crippen LogP contribution is -2.55. The topological polar surface area (TPSA) is 132 Å². The van der Waals surface area contributed by atoms with Crippen molar-refractivity contribution in [1.29, 1.82) is 0 Å². The highest BCUT2D eigenvalue weighted by Crippen LogP contribution is 2.33. The molecular weight excluding hydrogens is 456 g/mol. The van der Waals surface area contributed by atoms with Gasteiger partial charge in [-0.15, -0.1) is 0 Å². The fraction of sp³-hybridized carbons (Fsp3) is 0.333. The van der Waals surface area contributed by atoms with E-state index in [1.807, 2.05) is 0 Å². The molecule has 3 heterocycles. The highest BCUT2D eigenvalue weighted by Gasteiger charge is 2.48. The van der Waals surface area contributed by atoms with E-state index in [1.54, 1.807) is 30.3 Å². The summed E-state index contributed by atoms with van der Waals surface area (Å²) in [5.41, 5.74) is 0.932. The molecule has 2 aromatic heterocycles. The van der Waals surface area contributed by atoms with Crippen molar-refractivity contribution in [2.75, 3.05) is 6.61 Å². The number of carbonyl (C=O) groups is 3. The van der Waals surface area contributed by atoms with Gasteiger partial charge in [0.25, 0.3) is 0 Å². The van der Waals surface area contributed by atoms with Crippen molar-refractivity contribution in [3.8, 4) is 0 Å². The molecule has 12 heteroatoms. The summed E-state index contributed by atoms with van der Waals surface area (Å²) in [6.45, 7) is 2.25.